The Morgan fingerprint density at radius 3 is 2.62 bits per heavy atom. The van der Waals surface area contributed by atoms with Gasteiger partial charge in [0.05, 0.1) is 0 Å². The smallest absolute Gasteiger partial charge is 0.190 e. The summed E-state index contributed by atoms with van der Waals surface area (Å²) in [6, 6.07) is 10.9. The molecular weight excluding hydrogens is 285 g/mol. The highest BCUT2D eigenvalue weighted by Gasteiger charge is 1.99. The summed E-state index contributed by atoms with van der Waals surface area (Å²) in [6.07, 6.45) is 1.76. The number of thiophene rings is 1. The molecule has 0 fully saturated rings. The third-order valence-corrected chi connectivity index (χ3v) is 4.00. The molecule has 0 spiro atoms. The lowest BCUT2D eigenvalue weighted by molar-refractivity contribution is 0.625. The molecule has 0 aliphatic carbocycles. The number of nitrogens with one attached hydrogen (secondary N) is 2. The Morgan fingerprint density at radius 2 is 1.95 bits per heavy atom. The fourth-order valence-corrected chi connectivity index (χ4v) is 2.71. The van der Waals surface area contributed by atoms with E-state index in [9.17, 15) is 4.39 Å². The molecule has 0 aliphatic rings. The summed E-state index contributed by atoms with van der Waals surface area (Å²) < 4.78 is 13.1. The van der Waals surface area contributed by atoms with Crippen LogP contribution in [0, 0.1) is 5.82 Å². The molecule has 2 aromatic rings. The summed E-state index contributed by atoms with van der Waals surface area (Å²) in [4.78, 5) is 5.54. The Hall–Kier alpha value is -1.88. The SMILES string of the molecule is CN=C(NCCc1cccc(F)c1)NCCc1cccs1. The van der Waals surface area contributed by atoms with E-state index >= 15 is 0 Å². The van der Waals surface area contributed by atoms with E-state index in [1.54, 1.807) is 30.5 Å². The van der Waals surface area contributed by atoms with Crippen molar-refractivity contribution in [2.24, 2.45) is 4.99 Å². The summed E-state index contributed by atoms with van der Waals surface area (Å²) in [5.41, 5.74) is 0.983. The van der Waals surface area contributed by atoms with Crippen LogP contribution in [0.2, 0.25) is 0 Å². The van der Waals surface area contributed by atoms with Gasteiger partial charge in [0.2, 0.25) is 0 Å². The minimum atomic E-state index is -0.189. The zero-order valence-corrected chi connectivity index (χ0v) is 12.9. The van der Waals surface area contributed by atoms with E-state index in [2.05, 4.69) is 33.1 Å². The van der Waals surface area contributed by atoms with Crippen LogP contribution in [0.3, 0.4) is 0 Å². The van der Waals surface area contributed by atoms with Crippen molar-refractivity contribution >= 4 is 17.3 Å². The molecule has 2 rings (SSSR count). The van der Waals surface area contributed by atoms with Gasteiger partial charge >= 0.3 is 0 Å². The van der Waals surface area contributed by atoms with Crippen LogP contribution in [0.4, 0.5) is 4.39 Å². The Labute approximate surface area is 128 Å². The van der Waals surface area contributed by atoms with Crippen molar-refractivity contribution in [3.63, 3.8) is 0 Å². The van der Waals surface area contributed by atoms with E-state index in [0.717, 1.165) is 37.5 Å². The summed E-state index contributed by atoms with van der Waals surface area (Å²) in [7, 11) is 1.75. The van der Waals surface area contributed by atoms with Gasteiger partial charge in [-0.3, -0.25) is 4.99 Å². The van der Waals surface area contributed by atoms with Gasteiger partial charge in [-0.15, -0.1) is 11.3 Å². The van der Waals surface area contributed by atoms with Crippen LogP contribution in [-0.4, -0.2) is 26.1 Å². The maximum absolute atomic E-state index is 13.1. The molecule has 2 N–H and O–H groups in total. The predicted molar refractivity (Wildman–Crippen MR) is 87.5 cm³/mol. The molecule has 0 saturated carbocycles. The van der Waals surface area contributed by atoms with Crippen molar-refractivity contribution in [1.82, 2.24) is 10.6 Å². The van der Waals surface area contributed by atoms with Gasteiger partial charge in [-0.2, -0.15) is 0 Å². The monoisotopic (exact) mass is 305 g/mol. The largest absolute Gasteiger partial charge is 0.356 e. The molecule has 1 heterocycles. The van der Waals surface area contributed by atoms with Gasteiger partial charge < -0.3 is 10.6 Å². The van der Waals surface area contributed by atoms with Crippen molar-refractivity contribution in [3.8, 4) is 0 Å². The highest BCUT2D eigenvalue weighted by atomic mass is 32.1. The number of hydrogen-bond acceptors (Lipinski definition) is 2. The summed E-state index contributed by atoms with van der Waals surface area (Å²) in [6.45, 7) is 1.57. The van der Waals surface area contributed by atoms with Gasteiger partial charge in [-0.05, 0) is 42.0 Å². The molecule has 5 heteroatoms. The Bertz CT molecular complexity index is 567. The lowest BCUT2D eigenvalue weighted by Gasteiger charge is -2.11. The van der Waals surface area contributed by atoms with Gasteiger partial charge in [0.1, 0.15) is 5.82 Å². The molecule has 0 aliphatic heterocycles. The van der Waals surface area contributed by atoms with Gasteiger partial charge in [0.15, 0.2) is 5.96 Å². The Morgan fingerprint density at radius 1 is 1.14 bits per heavy atom. The normalized spacial score (nSPS) is 11.4. The average Bonchev–Trinajstić information content (AvgIpc) is 2.99. The van der Waals surface area contributed by atoms with E-state index in [4.69, 9.17) is 0 Å². The molecule has 21 heavy (non-hydrogen) atoms. The Balaban J connectivity index is 1.68. The number of nitrogens with zero attached hydrogens (tertiary/aromatic N) is 1. The number of benzene rings is 1. The van der Waals surface area contributed by atoms with Gasteiger partial charge in [-0.1, -0.05) is 18.2 Å². The summed E-state index contributed by atoms with van der Waals surface area (Å²) in [5, 5.41) is 8.60. The molecule has 0 unspecified atom stereocenters. The number of rotatable bonds is 6. The van der Waals surface area contributed by atoms with Crippen molar-refractivity contribution in [3.05, 3.63) is 58.0 Å². The Kier molecular flexibility index (Phi) is 6.22. The molecular formula is C16H20FN3S. The van der Waals surface area contributed by atoms with Crippen molar-refractivity contribution in [2.75, 3.05) is 20.1 Å². The van der Waals surface area contributed by atoms with Crippen molar-refractivity contribution in [2.45, 2.75) is 12.8 Å². The minimum Gasteiger partial charge on any atom is -0.356 e. The lowest BCUT2D eigenvalue weighted by atomic mass is 10.1. The first-order chi connectivity index (χ1) is 10.3. The van der Waals surface area contributed by atoms with E-state index in [0.29, 0.717) is 0 Å². The molecule has 0 atom stereocenters. The van der Waals surface area contributed by atoms with Crippen LogP contribution < -0.4 is 10.6 Å². The quantitative estimate of drug-likeness (QED) is 0.636. The molecule has 0 bridgehead atoms. The lowest BCUT2D eigenvalue weighted by Crippen LogP contribution is -2.39. The zero-order valence-electron chi connectivity index (χ0n) is 12.1. The molecule has 0 saturated heterocycles. The van der Waals surface area contributed by atoms with Crippen LogP contribution in [0.1, 0.15) is 10.4 Å². The fourth-order valence-electron chi connectivity index (χ4n) is 2.00. The van der Waals surface area contributed by atoms with Crippen LogP contribution >= 0.6 is 11.3 Å². The maximum atomic E-state index is 13.1. The first-order valence-corrected chi connectivity index (χ1v) is 7.87. The molecule has 0 radical (unpaired) electrons. The summed E-state index contributed by atoms with van der Waals surface area (Å²) >= 11 is 1.76. The second-order valence-corrected chi connectivity index (χ2v) is 5.67. The standard InChI is InChI=1S/C16H20FN3S/c1-18-16(20-10-8-15-6-3-11-21-15)19-9-7-13-4-2-5-14(17)12-13/h2-6,11-12H,7-10H2,1H3,(H2,18,19,20). The molecule has 1 aromatic carbocycles. The molecule has 1 aromatic heterocycles. The van der Waals surface area contributed by atoms with E-state index in [1.807, 2.05) is 6.07 Å². The number of aliphatic imine (C=N–C) groups is 1. The molecule has 112 valence electrons. The van der Waals surface area contributed by atoms with Crippen molar-refractivity contribution < 1.29 is 4.39 Å². The first kappa shape index (κ1) is 15.5. The highest BCUT2D eigenvalue weighted by molar-refractivity contribution is 7.09. The van der Waals surface area contributed by atoms with Crippen LogP contribution in [-0.2, 0) is 12.8 Å². The number of hydrogen-bond donors (Lipinski definition) is 2. The average molecular weight is 305 g/mol. The topological polar surface area (TPSA) is 36.4 Å². The third-order valence-electron chi connectivity index (χ3n) is 3.06. The second-order valence-electron chi connectivity index (χ2n) is 4.64. The number of halogens is 1. The maximum Gasteiger partial charge on any atom is 0.190 e. The van der Waals surface area contributed by atoms with Gasteiger partial charge in [-0.25, -0.2) is 4.39 Å². The van der Waals surface area contributed by atoms with Gasteiger partial charge in [0, 0.05) is 25.0 Å². The summed E-state index contributed by atoms with van der Waals surface area (Å²) in [5.74, 6) is 0.592. The number of guanidine groups is 1. The fraction of sp³-hybridized carbons (Fsp3) is 0.312. The zero-order chi connectivity index (χ0) is 14.9. The van der Waals surface area contributed by atoms with E-state index < -0.39 is 0 Å². The molecule has 3 nitrogen and oxygen atoms in total. The van der Waals surface area contributed by atoms with E-state index in [1.165, 1.54) is 10.9 Å². The minimum absolute atomic E-state index is 0.189. The first-order valence-electron chi connectivity index (χ1n) is 6.99. The van der Waals surface area contributed by atoms with Crippen molar-refractivity contribution in [1.29, 1.82) is 0 Å². The van der Waals surface area contributed by atoms with Crippen LogP contribution in [0.5, 0.6) is 0 Å². The van der Waals surface area contributed by atoms with Gasteiger partial charge in [0.25, 0.3) is 0 Å². The van der Waals surface area contributed by atoms with Crippen LogP contribution in [0.25, 0.3) is 0 Å². The molecule has 0 amide bonds. The predicted octanol–water partition coefficient (Wildman–Crippen LogP) is 2.84. The van der Waals surface area contributed by atoms with Crippen LogP contribution in [0.15, 0.2) is 46.8 Å². The second kappa shape index (κ2) is 8.42. The highest BCUT2D eigenvalue weighted by Crippen LogP contribution is 2.08. The third kappa shape index (κ3) is 5.55. The van der Waals surface area contributed by atoms with E-state index in [-0.39, 0.29) is 5.82 Å².